The number of amides is 2. The van der Waals surface area contributed by atoms with Gasteiger partial charge in [0.25, 0.3) is 0 Å². The molecule has 3 heteroatoms. The first-order valence-corrected chi connectivity index (χ1v) is 7.22. The van der Waals surface area contributed by atoms with E-state index in [1.54, 1.807) is 0 Å². The van der Waals surface area contributed by atoms with Crippen LogP contribution in [0.4, 0.5) is 4.79 Å². The van der Waals surface area contributed by atoms with Crippen molar-refractivity contribution in [2.24, 2.45) is 11.8 Å². The van der Waals surface area contributed by atoms with Gasteiger partial charge in [0.2, 0.25) is 0 Å². The molecule has 2 rings (SSSR count). The monoisotopic (exact) mass is 238 g/mol. The lowest BCUT2D eigenvalue weighted by Gasteiger charge is -2.27. The van der Waals surface area contributed by atoms with Gasteiger partial charge in [0.1, 0.15) is 0 Å². The van der Waals surface area contributed by atoms with Crippen LogP contribution < -0.4 is 0 Å². The second-order valence-electron chi connectivity index (χ2n) is 5.92. The van der Waals surface area contributed by atoms with Gasteiger partial charge in [-0.1, -0.05) is 26.7 Å². The van der Waals surface area contributed by atoms with Gasteiger partial charge in [-0.3, -0.25) is 0 Å². The van der Waals surface area contributed by atoms with Crippen LogP contribution in [0.5, 0.6) is 0 Å². The fourth-order valence-corrected chi connectivity index (χ4v) is 2.97. The summed E-state index contributed by atoms with van der Waals surface area (Å²) in [5, 5.41) is 0. The predicted octanol–water partition coefficient (Wildman–Crippen LogP) is 2.96. The Labute approximate surface area is 105 Å². The summed E-state index contributed by atoms with van der Waals surface area (Å²) in [7, 11) is 0. The van der Waals surface area contributed by atoms with Crippen LogP contribution in [-0.4, -0.2) is 42.0 Å². The molecule has 98 valence electrons. The first-order chi connectivity index (χ1) is 8.18. The van der Waals surface area contributed by atoms with Gasteiger partial charge in [0.15, 0.2) is 0 Å². The number of carbonyl (C=O) groups is 1. The molecular weight excluding hydrogens is 212 g/mol. The van der Waals surface area contributed by atoms with Crippen LogP contribution >= 0.6 is 0 Å². The van der Waals surface area contributed by atoms with Gasteiger partial charge in [-0.05, 0) is 31.1 Å². The van der Waals surface area contributed by atoms with Crippen LogP contribution in [0.15, 0.2) is 0 Å². The molecule has 2 fully saturated rings. The maximum atomic E-state index is 12.4. The molecule has 2 heterocycles. The minimum absolute atomic E-state index is 0.301. The Morgan fingerprint density at radius 2 is 1.65 bits per heavy atom. The van der Waals surface area contributed by atoms with Gasteiger partial charge < -0.3 is 9.80 Å². The van der Waals surface area contributed by atoms with Gasteiger partial charge in [0, 0.05) is 26.2 Å². The second-order valence-corrected chi connectivity index (χ2v) is 5.92. The van der Waals surface area contributed by atoms with E-state index >= 15 is 0 Å². The van der Waals surface area contributed by atoms with Gasteiger partial charge in [-0.25, -0.2) is 4.79 Å². The van der Waals surface area contributed by atoms with Gasteiger partial charge in [0.05, 0.1) is 0 Å². The van der Waals surface area contributed by atoms with Crippen molar-refractivity contribution in [1.29, 1.82) is 0 Å². The number of hydrogen-bond acceptors (Lipinski definition) is 1. The predicted molar refractivity (Wildman–Crippen MR) is 70.0 cm³/mol. The summed E-state index contributed by atoms with van der Waals surface area (Å²) in [6.45, 7) is 8.43. The van der Waals surface area contributed by atoms with Crippen molar-refractivity contribution in [3.8, 4) is 0 Å². The fourth-order valence-electron chi connectivity index (χ4n) is 2.97. The smallest absolute Gasteiger partial charge is 0.320 e. The summed E-state index contributed by atoms with van der Waals surface area (Å²) in [5.74, 6) is 1.42. The molecule has 0 spiro atoms. The first-order valence-electron chi connectivity index (χ1n) is 7.22. The molecule has 0 bridgehead atoms. The molecular formula is C14H26N2O. The van der Waals surface area contributed by atoms with E-state index in [0.29, 0.717) is 17.9 Å². The fraction of sp³-hybridized carbons (Fsp3) is 0.929. The average molecular weight is 238 g/mol. The van der Waals surface area contributed by atoms with Gasteiger partial charge >= 0.3 is 6.03 Å². The normalized spacial score (nSPS) is 26.4. The highest BCUT2D eigenvalue weighted by molar-refractivity contribution is 5.74. The molecule has 0 N–H and O–H groups in total. The van der Waals surface area contributed by atoms with E-state index in [1.807, 2.05) is 0 Å². The molecule has 1 unspecified atom stereocenters. The number of likely N-dealkylation sites (tertiary alicyclic amines) is 2. The molecule has 0 aromatic heterocycles. The Hall–Kier alpha value is -0.730. The second kappa shape index (κ2) is 5.74. The zero-order valence-electron chi connectivity index (χ0n) is 11.3. The summed E-state index contributed by atoms with van der Waals surface area (Å²) in [4.78, 5) is 16.5. The molecule has 0 radical (unpaired) electrons. The van der Waals surface area contributed by atoms with E-state index in [9.17, 15) is 4.79 Å². The first kappa shape index (κ1) is 12.7. The van der Waals surface area contributed by atoms with Crippen molar-refractivity contribution >= 4 is 6.03 Å². The molecule has 0 aromatic rings. The molecule has 2 aliphatic rings. The molecule has 2 saturated heterocycles. The van der Waals surface area contributed by atoms with Gasteiger partial charge in [-0.15, -0.1) is 0 Å². The Morgan fingerprint density at radius 1 is 1.00 bits per heavy atom. The van der Waals surface area contributed by atoms with Crippen molar-refractivity contribution in [1.82, 2.24) is 9.80 Å². The van der Waals surface area contributed by atoms with Crippen molar-refractivity contribution in [3.05, 3.63) is 0 Å². The molecule has 1 atom stereocenters. The Kier molecular flexibility index (Phi) is 4.30. The van der Waals surface area contributed by atoms with E-state index in [0.717, 1.165) is 26.2 Å². The summed E-state index contributed by atoms with van der Waals surface area (Å²) in [6, 6.07) is 0.301. The third-order valence-electron chi connectivity index (χ3n) is 4.31. The lowest BCUT2D eigenvalue weighted by molar-refractivity contribution is 0.161. The van der Waals surface area contributed by atoms with Crippen molar-refractivity contribution in [3.63, 3.8) is 0 Å². The maximum Gasteiger partial charge on any atom is 0.320 e. The lowest BCUT2D eigenvalue weighted by Crippen LogP contribution is -2.42. The maximum absolute atomic E-state index is 12.4. The Balaban J connectivity index is 1.87. The minimum Gasteiger partial charge on any atom is -0.325 e. The summed E-state index contributed by atoms with van der Waals surface area (Å²) in [5.41, 5.74) is 0. The highest BCUT2D eigenvalue weighted by Gasteiger charge is 2.30. The number of carbonyl (C=O) groups excluding carboxylic acids is 1. The number of urea groups is 1. The number of nitrogens with zero attached hydrogens (tertiary/aromatic N) is 2. The summed E-state index contributed by atoms with van der Waals surface area (Å²) < 4.78 is 0. The minimum atomic E-state index is 0.301. The van der Waals surface area contributed by atoms with Gasteiger partial charge in [-0.2, -0.15) is 0 Å². The zero-order valence-corrected chi connectivity index (χ0v) is 11.3. The molecule has 17 heavy (non-hydrogen) atoms. The largest absolute Gasteiger partial charge is 0.325 e. The highest BCUT2D eigenvalue weighted by Crippen LogP contribution is 2.25. The third kappa shape index (κ3) is 3.14. The zero-order chi connectivity index (χ0) is 12.3. The van der Waals surface area contributed by atoms with E-state index < -0.39 is 0 Å². The molecule has 0 aliphatic carbocycles. The summed E-state index contributed by atoms with van der Waals surface area (Å²) in [6.07, 6.45) is 6.15. The Bertz CT molecular complexity index is 257. The van der Waals surface area contributed by atoms with E-state index in [4.69, 9.17) is 0 Å². The van der Waals surface area contributed by atoms with Crippen LogP contribution in [-0.2, 0) is 0 Å². The highest BCUT2D eigenvalue weighted by atomic mass is 16.2. The van der Waals surface area contributed by atoms with Crippen LogP contribution in [0.3, 0.4) is 0 Å². The van der Waals surface area contributed by atoms with Crippen molar-refractivity contribution < 1.29 is 4.79 Å². The molecule has 2 amide bonds. The Morgan fingerprint density at radius 3 is 2.18 bits per heavy atom. The van der Waals surface area contributed by atoms with Crippen LogP contribution in [0.1, 0.15) is 46.0 Å². The quantitative estimate of drug-likeness (QED) is 0.689. The third-order valence-corrected chi connectivity index (χ3v) is 4.31. The average Bonchev–Trinajstić information content (AvgIpc) is 2.65. The van der Waals surface area contributed by atoms with E-state index in [-0.39, 0.29) is 0 Å². The topological polar surface area (TPSA) is 23.6 Å². The standard InChI is InChI=1S/C14H26N2O/c1-12(2)13-7-10-16(11-13)14(17)15-8-5-3-4-6-9-15/h12-13H,3-11H2,1-2H3. The molecule has 0 saturated carbocycles. The summed E-state index contributed by atoms with van der Waals surface area (Å²) >= 11 is 0. The van der Waals surface area contributed by atoms with Crippen molar-refractivity contribution in [2.45, 2.75) is 46.0 Å². The molecule has 0 aromatic carbocycles. The molecule has 2 aliphatic heterocycles. The van der Waals surface area contributed by atoms with Crippen LogP contribution in [0.25, 0.3) is 0 Å². The lowest BCUT2D eigenvalue weighted by atomic mass is 9.95. The van der Waals surface area contributed by atoms with E-state index in [1.165, 1.54) is 32.1 Å². The number of hydrogen-bond donors (Lipinski definition) is 0. The number of rotatable bonds is 1. The van der Waals surface area contributed by atoms with Crippen LogP contribution in [0, 0.1) is 11.8 Å². The van der Waals surface area contributed by atoms with E-state index in [2.05, 4.69) is 23.6 Å². The van der Waals surface area contributed by atoms with Crippen molar-refractivity contribution in [2.75, 3.05) is 26.2 Å². The molecule has 3 nitrogen and oxygen atoms in total. The SMILES string of the molecule is CC(C)C1CCN(C(=O)N2CCCCCC2)C1. The van der Waals surface area contributed by atoms with Crippen LogP contribution in [0.2, 0.25) is 0 Å².